The second-order valence-corrected chi connectivity index (χ2v) is 8.87. The molecule has 1 saturated heterocycles. The zero-order valence-electron chi connectivity index (χ0n) is 13.7. The van der Waals surface area contributed by atoms with Crippen LogP contribution in [0.5, 0.6) is 0 Å². The van der Waals surface area contributed by atoms with E-state index in [-0.39, 0.29) is 0 Å². The van der Waals surface area contributed by atoms with Gasteiger partial charge in [-0.05, 0) is 55.5 Å². The maximum absolute atomic E-state index is 4.79. The van der Waals surface area contributed by atoms with Crippen molar-refractivity contribution in [3.8, 4) is 0 Å². The number of nitrogens with zero attached hydrogens (tertiary/aromatic N) is 3. The van der Waals surface area contributed by atoms with Crippen molar-refractivity contribution in [3.05, 3.63) is 39.2 Å². The van der Waals surface area contributed by atoms with Crippen molar-refractivity contribution < 1.29 is 0 Å². The number of fused-ring (bicyclic) bond motifs is 3. The van der Waals surface area contributed by atoms with Gasteiger partial charge in [0.25, 0.3) is 0 Å². The molecule has 1 fully saturated rings. The third kappa shape index (κ3) is 2.37. The Balaban J connectivity index is 1.65. The predicted molar refractivity (Wildman–Crippen MR) is 102 cm³/mol. The number of aryl methyl sites for hydroxylation is 2. The lowest BCUT2D eigenvalue weighted by Crippen LogP contribution is -2.23. The van der Waals surface area contributed by atoms with E-state index in [4.69, 9.17) is 4.98 Å². The second-order valence-electron chi connectivity index (χ2n) is 6.81. The molecule has 3 aromatic rings. The molecule has 24 heavy (non-hydrogen) atoms. The minimum Gasteiger partial charge on any atom is -0.348 e. The van der Waals surface area contributed by atoms with Crippen molar-refractivity contribution in [1.29, 1.82) is 0 Å². The van der Waals surface area contributed by atoms with Gasteiger partial charge in [-0.2, -0.15) is 0 Å². The fraction of sp³-hybridized carbons (Fsp3) is 0.474. The normalized spacial score (nSPS) is 21.2. The largest absolute Gasteiger partial charge is 0.348 e. The molecule has 1 aliphatic heterocycles. The summed E-state index contributed by atoms with van der Waals surface area (Å²) in [5, 5.41) is 3.56. The highest BCUT2D eigenvalue weighted by molar-refractivity contribution is 7.19. The Kier molecular flexibility index (Phi) is 3.78. The highest BCUT2D eigenvalue weighted by Gasteiger charge is 2.31. The summed E-state index contributed by atoms with van der Waals surface area (Å²) in [5.74, 6) is 1.19. The van der Waals surface area contributed by atoms with Crippen LogP contribution in [0.2, 0.25) is 0 Å². The van der Waals surface area contributed by atoms with E-state index in [0.717, 1.165) is 6.54 Å². The van der Waals surface area contributed by atoms with Gasteiger partial charge in [-0.25, -0.2) is 9.97 Å². The first-order valence-electron chi connectivity index (χ1n) is 8.97. The molecule has 0 amide bonds. The van der Waals surface area contributed by atoms with Gasteiger partial charge in [0, 0.05) is 16.3 Å². The maximum atomic E-state index is 4.79. The molecule has 1 atom stereocenters. The average Bonchev–Trinajstić information content (AvgIpc) is 3.31. The van der Waals surface area contributed by atoms with Crippen LogP contribution in [-0.2, 0) is 12.8 Å². The minimum atomic E-state index is 0.490. The van der Waals surface area contributed by atoms with Gasteiger partial charge in [-0.15, -0.1) is 22.7 Å². The first-order valence-corrected chi connectivity index (χ1v) is 10.7. The van der Waals surface area contributed by atoms with Crippen molar-refractivity contribution in [2.24, 2.45) is 0 Å². The van der Waals surface area contributed by atoms with Gasteiger partial charge in [0.2, 0.25) is 0 Å². The summed E-state index contributed by atoms with van der Waals surface area (Å²) in [4.78, 5) is 16.2. The van der Waals surface area contributed by atoms with Gasteiger partial charge in [-0.3, -0.25) is 0 Å². The van der Waals surface area contributed by atoms with Gasteiger partial charge < -0.3 is 4.90 Å². The molecule has 0 aromatic carbocycles. The van der Waals surface area contributed by atoms with E-state index in [1.54, 1.807) is 16.8 Å². The van der Waals surface area contributed by atoms with Gasteiger partial charge in [0.1, 0.15) is 17.0 Å². The number of anilines is 1. The molecule has 0 N–H and O–H groups in total. The van der Waals surface area contributed by atoms with Crippen LogP contribution in [0, 0.1) is 0 Å². The Hall–Kier alpha value is -1.46. The summed E-state index contributed by atoms with van der Waals surface area (Å²) in [6, 6.07) is 4.94. The molecule has 5 rings (SSSR count). The minimum absolute atomic E-state index is 0.490. The van der Waals surface area contributed by atoms with Crippen molar-refractivity contribution in [3.63, 3.8) is 0 Å². The Bertz CT molecular complexity index is 853. The lowest BCUT2D eigenvalue weighted by molar-refractivity contribution is 0.712. The second kappa shape index (κ2) is 6.12. The Morgan fingerprint density at radius 1 is 1.08 bits per heavy atom. The van der Waals surface area contributed by atoms with Crippen LogP contribution < -0.4 is 4.90 Å². The molecule has 5 heteroatoms. The molecule has 0 radical (unpaired) electrons. The molecule has 1 unspecified atom stereocenters. The Labute approximate surface area is 150 Å². The summed E-state index contributed by atoms with van der Waals surface area (Å²) in [6.07, 6.45) is 10.7. The molecule has 0 saturated carbocycles. The lowest BCUT2D eigenvalue weighted by atomic mass is 10.1. The first kappa shape index (κ1) is 14.8. The van der Waals surface area contributed by atoms with Gasteiger partial charge >= 0.3 is 0 Å². The number of hydrogen-bond donors (Lipinski definition) is 0. The summed E-state index contributed by atoms with van der Waals surface area (Å²) >= 11 is 3.79. The van der Waals surface area contributed by atoms with E-state index in [1.165, 1.54) is 65.9 Å². The third-order valence-electron chi connectivity index (χ3n) is 5.38. The van der Waals surface area contributed by atoms with Crippen molar-refractivity contribution in [2.75, 3.05) is 11.4 Å². The van der Waals surface area contributed by atoms with E-state index >= 15 is 0 Å². The molecular formula is C19H21N3S2. The number of rotatable bonds is 2. The molecular weight excluding hydrogens is 334 g/mol. The molecule has 1 aliphatic carbocycles. The van der Waals surface area contributed by atoms with Crippen LogP contribution in [0.4, 0.5) is 5.82 Å². The first-order chi connectivity index (χ1) is 11.9. The summed E-state index contributed by atoms with van der Waals surface area (Å²) in [5.41, 5.74) is 1.56. The number of hydrogen-bond acceptors (Lipinski definition) is 5. The molecule has 2 aliphatic rings. The summed E-state index contributed by atoms with van der Waals surface area (Å²) in [7, 11) is 0. The number of aromatic nitrogens is 2. The molecule has 124 valence electrons. The topological polar surface area (TPSA) is 29.0 Å². The average molecular weight is 356 g/mol. The smallest absolute Gasteiger partial charge is 0.141 e. The molecule has 3 nitrogen and oxygen atoms in total. The van der Waals surface area contributed by atoms with Crippen molar-refractivity contribution >= 4 is 38.7 Å². The van der Waals surface area contributed by atoms with E-state index in [9.17, 15) is 0 Å². The zero-order valence-corrected chi connectivity index (χ0v) is 15.3. The van der Waals surface area contributed by atoms with Gasteiger partial charge in [-0.1, -0.05) is 12.5 Å². The fourth-order valence-electron chi connectivity index (χ4n) is 4.26. The highest BCUT2D eigenvalue weighted by Crippen LogP contribution is 2.43. The van der Waals surface area contributed by atoms with E-state index < -0.39 is 0 Å². The van der Waals surface area contributed by atoms with Crippen molar-refractivity contribution in [1.82, 2.24) is 9.97 Å². The monoisotopic (exact) mass is 355 g/mol. The van der Waals surface area contributed by atoms with Crippen LogP contribution in [-0.4, -0.2) is 16.5 Å². The predicted octanol–water partition coefficient (Wildman–Crippen LogP) is 5.36. The molecule has 0 bridgehead atoms. The van der Waals surface area contributed by atoms with E-state index in [2.05, 4.69) is 27.4 Å². The molecule has 3 aromatic heterocycles. The quantitative estimate of drug-likeness (QED) is 0.579. The SMILES string of the molecule is c1csc(C2CCCN2c2ncnc3sc4c(c23)CCCCC4)c1. The van der Waals surface area contributed by atoms with E-state index in [1.807, 2.05) is 22.7 Å². The highest BCUT2D eigenvalue weighted by atomic mass is 32.1. The molecule has 0 spiro atoms. The lowest BCUT2D eigenvalue weighted by Gasteiger charge is -2.25. The van der Waals surface area contributed by atoms with Crippen molar-refractivity contribution in [2.45, 2.75) is 51.0 Å². The fourth-order valence-corrected chi connectivity index (χ4v) is 6.36. The Morgan fingerprint density at radius 3 is 2.96 bits per heavy atom. The summed E-state index contributed by atoms with van der Waals surface area (Å²) in [6.45, 7) is 1.11. The standard InChI is InChI=1S/C19H21N3S2/c1-2-6-13-15(8-3-1)24-19-17(13)18(20-12-21-19)22-10-4-7-14(22)16-9-5-11-23-16/h5,9,11-12,14H,1-4,6-8,10H2. The van der Waals surface area contributed by atoms with Crippen LogP contribution in [0.3, 0.4) is 0 Å². The number of thiophene rings is 2. The zero-order chi connectivity index (χ0) is 15.9. The molecule has 4 heterocycles. The van der Waals surface area contributed by atoms with Crippen LogP contribution in [0.15, 0.2) is 23.8 Å². The third-order valence-corrected chi connectivity index (χ3v) is 7.55. The Morgan fingerprint density at radius 2 is 2.04 bits per heavy atom. The van der Waals surface area contributed by atoms with Gasteiger partial charge in [0.05, 0.1) is 11.4 Å². The summed E-state index contributed by atoms with van der Waals surface area (Å²) < 4.78 is 0. The van der Waals surface area contributed by atoms with E-state index in [0.29, 0.717) is 6.04 Å². The van der Waals surface area contributed by atoms with Crippen LogP contribution >= 0.6 is 22.7 Å². The maximum Gasteiger partial charge on any atom is 0.141 e. The van der Waals surface area contributed by atoms with Crippen LogP contribution in [0.1, 0.15) is 53.5 Å². The van der Waals surface area contributed by atoms with Gasteiger partial charge in [0.15, 0.2) is 0 Å². The van der Waals surface area contributed by atoms with Crippen LogP contribution in [0.25, 0.3) is 10.2 Å².